The predicted molar refractivity (Wildman–Crippen MR) is 49.4 cm³/mol. The molecule has 1 atom stereocenters. The largest absolute Gasteiger partial charge is 0.417 e. The standard InChI is InChI=1S/C9H11F3N2O/c1-6(13)4-14-5-7(9(10,11)12)2-3-8(14)15/h2-3,5-6H,4,13H2,1H3/t6-/m1/s1. The van der Waals surface area contributed by atoms with Gasteiger partial charge in [0.25, 0.3) is 5.56 Å². The van der Waals surface area contributed by atoms with E-state index in [9.17, 15) is 18.0 Å². The van der Waals surface area contributed by atoms with Gasteiger partial charge >= 0.3 is 6.18 Å². The van der Waals surface area contributed by atoms with Gasteiger partial charge in [-0.3, -0.25) is 4.79 Å². The van der Waals surface area contributed by atoms with Crippen LogP contribution in [0.25, 0.3) is 0 Å². The lowest BCUT2D eigenvalue weighted by molar-refractivity contribution is -0.138. The van der Waals surface area contributed by atoms with Crippen LogP contribution in [0.2, 0.25) is 0 Å². The minimum atomic E-state index is -4.44. The van der Waals surface area contributed by atoms with Crippen LogP contribution in [0.5, 0.6) is 0 Å². The van der Waals surface area contributed by atoms with E-state index < -0.39 is 17.3 Å². The van der Waals surface area contributed by atoms with E-state index in [1.165, 1.54) is 0 Å². The average molecular weight is 220 g/mol. The molecule has 0 fully saturated rings. The molecule has 0 radical (unpaired) electrons. The molecule has 0 amide bonds. The predicted octanol–water partition coefficient (Wildman–Crippen LogP) is 1.21. The highest BCUT2D eigenvalue weighted by molar-refractivity contribution is 5.13. The smallest absolute Gasteiger partial charge is 0.326 e. The maximum atomic E-state index is 12.3. The van der Waals surface area contributed by atoms with Crippen molar-refractivity contribution in [1.82, 2.24) is 4.57 Å². The molecular formula is C9H11F3N2O. The number of nitrogens with two attached hydrogens (primary N) is 1. The molecule has 0 aliphatic rings. The van der Waals surface area contributed by atoms with E-state index in [4.69, 9.17) is 5.73 Å². The molecule has 0 saturated heterocycles. The van der Waals surface area contributed by atoms with Crippen molar-refractivity contribution in [3.05, 3.63) is 34.2 Å². The van der Waals surface area contributed by atoms with Crippen LogP contribution in [0.3, 0.4) is 0 Å². The van der Waals surface area contributed by atoms with Crippen molar-refractivity contribution in [2.45, 2.75) is 25.7 Å². The van der Waals surface area contributed by atoms with E-state index in [1.807, 2.05) is 0 Å². The van der Waals surface area contributed by atoms with Crippen LogP contribution in [0, 0.1) is 0 Å². The fourth-order valence-corrected chi connectivity index (χ4v) is 1.15. The quantitative estimate of drug-likeness (QED) is 0.814. The van der Waals surface area contributed by atoms with Crippen LogP contribution < -0.4 is 11.3 Å². The van der Waals surface area contributed by atoms with E-state index in [2.05, 4.69) is 0 Å². The third-order valence-corrected chi connectivity index (χ3v) is 1.80. The lowest BCUT2D eigenvalue weighted by atomic mass is 10.2. The molecule has 6 heteroatoms. The molecule has 0 spiro atoms. The zero-order chi connectivity index (χ0) is 11.6. The first kappa shape index (κ1) is 11.8. The summed E-state index contributed by atoms with van der Waals surface area (Å²) in [4.78, 5) is 11.2. The van der Waals surface area contributed by atoms with Crippen molar-refractivity contribution < 1.29 is 13.2 Å². The highest BCUT2D eigenvalue weighted by Gasteiger charge is 2.30. The first-order valence-electron chi connectivity index (χ1n) is 4.34. The molecule has 1 aromatic heterocycles. The third kappa shape index (κ3) is 3.09. The second-order valence-electron chi connectivity index (χ2n) is 3.38. The van der Waals surface area contributed by atoms with Gasteiger partial charge in [0.1, 0.15) is 0 Å². The van der Waals surface area contributed by atoms with Gasteiger partial charge in [0.15, 0.2) is 0 Å². The number of halogens is 3. The van der Waals surface area contributed by atoms with Crippen LogP contribution in [-0.2, 0) is 12.7 Å². The minimum Gasteiger partial charge on any atom is -0.326 e. The van der Waals surface area contributed by atoms with E-state index in [1.54, 1.807) is 6.92 Å². The van der Waals surface area contributed by atoms with Crippen molar-refractivity contribution in [1.29, 1.82) is 0 Å². The summed E-state index contributed by atoms with van der Waals surface area (Å²) >= 11 is 0. The van der Waals surface area contributed by atoms with Gasteiger partial charge in [0, 0.05) is 24.8 Å². The summed E-state index contributed by atoms with van der Waals surface area (Å²) < 4.78 is 37.8. The maximum absolute atomic E-state index is 12.3. The van der Waals surface area contributed by atoms with Crippen molar-refractivity contribution >= 4 is 0 Å². The van der Waals surface area contributed by atoms with Crippen molar-refractivity contribution in [2.24, 2.45) is 5.73 Å². The molecule has 0 aliphatic carbocycles. The number of aromatic nitrogens is 1. The van der Waals surface area contributed by atoms with E-state index in [0.717, 1.165) is 22.9 Å². The van der Waals surface area contributed by atoms with Crippen LogP contribution in [0.15, 0.2) is 23.1 Å². The molecular weight excluding hydrogens is 209 g/mol. The fraction of sp³-hybridized carbons (Fsp3) is 0.444. The highest BCUT2D eigenvalue weighted by atomic mass is 19.4. The van der Waals surface area contributed by atoms with Gasteiger partial charge in [0.2, 0.25) is 0 Å². The second-order valence-corrected chi connectivity index (χ2v) is 3.38. The average Bonchev–Trinajstić information content (AvgIpc) is 2.06. The topological polar surface area (TPSA) is 48.0 Å². The van der Waals surface area contributed by atoms with E-state index in [-0.39, 0.29) is 12.6 Å². The molecule has 2 N–H and O–H groups in total. The maximum Gasteiger partial charge on any atom is 0.417 e. The molecule has 0 unspecified atom stereocenters. The molecule has 1 aromatic rings. The Morgan fingerprint density at radius 2 is 2.07 bits per heavy atom. The molecule has 0 aliphatic heterocycles. The Morgan fingerprint density at radius 3 is 2.53 bits per heavy atom. The van der Waals surface area contributed by atoms with Crippen LogP contribution in [0.4, 0.5) is 13.2 Å². The summed E-state index contributed by atoms with van der Waals surface area (Å²) in [6, 6.07) is 1.29. The highest BCUT2D eigenvalue weighted by Crippen LogP contribution is 2.27. The van der Waals surface area contributed by atoms with Crippen molar-refractivity contribution in [3.8, 4) is 0 Å². The molecule has 15 heavy (non-hydrogen) atoms. The zero-order valence-corrected chi connectivity index (χ0v) is 8.08. The Balaban J connectivity index is 3.11. The van der Waals surface area contributed by atoms with Crippen molar-refractivity contribution in [3.63, 3.8) is 0 Å². The van der Waals surface area contributed by atoms with E-state index in [0.29, 0.717) is 0 Å². The summed E-state index contributed by atoms with van der Waals surface area (Å²) in [6.45, 7) is 1.69. The summed E-state index contributed by atoms with van der Waals surface area (Å²) in [5.41, 5.74) is 4.08. The molecule has 0 aromatic carbocycles. The van der Waals surface area contributed by atoms with Crippen LogP contribution >= 0.6 is 0 Å². The number of hydrogen-bond acceptors (Lipinski definition) is 2. The van der Waals surface area contributed by atoms with E-state index >= 15 is 0 Å². The van der Waals surface area contributed by atoms with Gasteiger partial charge < -0.3 is 10.3 Å². The number of alkyl halides is 3. The fourth-order valence-electron chi connectivity index (χ4n) is 1.15. The van der Waals surface area contributed by atoms with Crippen molar-refractivity contribution in [2.75, 3.05) is 0 Å². The third-order valence-electron chi connectivity index (χ3n) is 1.80. The Kier molecular flexibility index (Phi) is 3.18. The molecule has 84 valence electrons. The molecule has 1 rings (SSSR count). The van der Waals surface area contributed by atoms with Crippen LogP contribution in [0.1, 0.15) is 12.5 Å². The second kappa shape index (κ2) is 4.06. The molecule has 0 bridgehead atoms. The first-order valence-corrected chi connectivity index (χ1v) is 4.34. The summed E-state index contributed by atoms with van der Waals surface area (Å²) in [6.07, 6.45) is -3.65. The van der Waals surface area contributed by atoms with Gasteiger partial charge in [-0.1, -0.05) is 0 Å². The number of rotatable bonds is 2. The number of nitrogens with zero attached hydrogens (tertiary/aromatic N) is 1. The normalized spacial score (nSPS) is 13.9. The summed E-state index contributed by atoms with van der Waals surface area (Å²) in [5, 5.41) is 0. The minimum absolute atomic E-state index is 0.0722. The number of hydrogen-bond donors (Lipinski definition) is 1. The Hall–Kier alpha value is -1.30. The lowest BCUT2D eigenvalue weighted by Gasteiger charge is -2.12. The Morgan fingerprint density at radius 1 is 1.47 bits per heavy atom. The number of pyridine rings is 1. The first-order chi connectivity index (χ1) is 6.80. The lowest BCUT2D eigenvalue weighted by Crippen LogP contribution is -2.30. The van der Waals surface area contributed by atoms with Gasteiger partial charge in [-0.15, -0.1) is 0 Å². The molecule has 3 nitrogen and oxygen atoms in total. The molecule has 1 heterocycles. The molecule has 0 saturated carbocycles. The summed E-state index contributed by atoms with van der Waals surface area (Å²) in [7, 11) is 0. The SMILES string of the molecule is C[C@@H](N)Cn1cc(C(F)(F)F)ccc1=O. The van der Waals surface area contributed by atoms with Gasteiger partial charge in [0.05, 0.1) is 5.56 Å². The van der Waals surface area contributed by atoms with Gasteiger partial charge in [-0.2, -0.15) is 13.2 Å². The Bertz CT molecular complexity index is 395. The van der Waals surface area contributed by atoms with Gasteiger partial charge in [-0.25, -0.2) is 0 Å². The monoisotopic (exact) mass is 220 g/mol. The van der Waals surface area contributed by atoms with Gasteiger partial charge in [-0.05, 0) is 13.0 Å². The van der Waals surface area contributed by atoms with Crippen LogP contribution in [-0.4, -0.2) is 10.6 Å². The zero-order valence-electron chi connectivity index (χ0n) is 8.08. The Labute approximate surface area is 84.3 Å². The summed E-state index contributed by atoms with van der Waals surface area (Å²) in [5.74, 6) is 0.